The predicted octanol–water partition coefficient (Wildman–Crippen LogP) is 5.76. The van der Waals surface area contributed by atoms with E-state index in [-0.39, 0.29) is 23.9 Å². The lowest BCUT2D eigenvalue weighted by Gasteiger charge is -2.61. The highest BCUT2D eigenvalue weighted by molar-refractivity contribution is 7.16. The maximum atomic E-state index is 13.5. The van der Waals surface area contributed by atoms with Gasteiger partial charge in [0.1, 0.15) is 11.1 Å². The largest absolute Gasteiger partial charge is 0.455 e. The van der Waals surface area contributed by atoms with Crippen LogP contribution in [0.2, 0.25) is 0 Å². The van der Waals surface area contributed by atoms with Crippen molar-refractivity contribution >= 4 is 28.2 Å². The minimum absolute atomic E-state index is 0.0570. The molecule has 1 N–H and O–H groups in total. The summed E-state index contributed by atoms with van der Waals surface area (Å²) < 4.78 is 5.71. The van der Waals surface area contributed by atoms with E-state index in [0.717, 1.165) is 56.9 Å². The number of esters is 1. The SMILES string of the molecule is CC1CCc2c(sc(NC(=O)COC(=O)C34CC5CC(C3)CC(c3ccccc3)(C5)C4)c2C#N)C1. The maximum Gasteiger partial charge on any atom is 0.312 e. The van der Waals surface area contributed by atoms with Crippen molar-refractivity contribution < 1.29 is 14.3 Å². The monoisotopic (exact) mass is 488 g/mol. The molecule has 182 valence electrons. The quantitative estimate of drug-likeness (QED) is 0.542. The average molecular weight is 489 g/mol. The minimum atomic E-state index is -0.476. The van der Waals surface area contributed by atoms with Gasteiger partial charge in [0.05, 0.1) is 11.0 Å². The van der Waals surface area contributed by atoms with Gasteiger partial charge in [-0.2, -0.15) is 5.26 Å². The fraction of sp³-hybridized carbons (Fsp3) is 0.552. The molecule has 0 saturated heterocycles. The van der Waals surface area contributed by atoms with E-state index in [0.29, 0.717) is 28.3 Å². The summed E-state index contributed by atoms with van der Waals surface area (Å²) in [6.45, 7) is 1.93. The first kappa shape index (κ1) is 22.8. The minimum Gasteiger partial charge on any atom is -0.455 e. The highest BCUT2D eigenvalue weighted by Gasteiger charge is 2.61. The Morgan fingerprint density at radius 3 is 2.63 bits per heavy atom. The summed E-state index contributed by atoms with van der Waals surface area (Å²) in [5.74, 6) is 1.13. The van der Waals surface area contributed by atoms with E-state index in [9.17, 15) is 14.9 Å². The van der Waals surface area contributed by atoms with E-state index in [1.54, 1.807) is 0 Å². The van der Waals surface area contributed by atoms with Crippen molar-refractivity contribution in [2.24, 2.45) is 23.2 Å². The van der Waals surface area contributed by atoms with Crippen LogP contribution in [0.4, 0.5) is 5.00 Å². The molecule has 7 rings (SSSR count). The maximum absolute atomic E-state index is 13.5. The van der Waals surface area contributed by atoms with Gasteiger partial charge in [-0.15, -0.1) is 11.3 Å². The molecule has 0 radical (unpaired) electrons. The number of nitrogens with one attached hydrogen (secondary N) is 1. The third kappa shape index (κ3) is 3.89. The molecule has 5 aliphatic rings. The molecule has 1 aromatic carbocycles. The summed E-state index contributed by atoms with van der Waals surface area (Å²) in [5, 5.41) is 13.2. The number of hydrogen-bond acceptors (Lipinski definition) is 5. The first-order valence-corrected chi connectivity index (χ1v) is 13.8. The van der Waals surface area contributed by atoms with Crippen LogP contribution in [-0.4, -0.2) is 18.5 Å². The van der Waals surface area contributed by atoms with Crippen LogP contribution in [0.3, 0.4) is 0 Å². The zero-order valence-electron chi connectivity index (χ0n) is 20.3. The number of amides is 1. The number of carbonyl (C=O) groups excluding carboxylic acids is 2. The van der Waals surface area contributed by atoms with Gasteiger partial charge in [-0.1, -0.05) is 37.3 Å². The third-order valence-corrected chi connectivity index (χ3v) is 10.3. The Morgan fingerprint density at radius 1 is 1.17 bits per heavy atom. The van der Waals surface area contributed by atoms with E-state index >= 15 is 0 Å². The van der Waals surface area contributed by atoms with Crippen molar-refractivity contribution in [2.45, 2.75) is 70.1 Å². The van der Waals surface area contributed by atoms with Crippen LogP contribution in [0.25, 0.3) is 0 Å². The van der Waals surface area contributed by atoms with Crippen molar-refractivity contribution in [2.75, 3.05) is 11.9 Å². The molecule has 5 nitrogen and oxygen atoms in total. The molecule has 2 aromatic rings. The van der Waals surface area contributed by atoms with E-state index in [2.05, 4.69) is 48.6 Å². The van der Waals surface area contributed by atoms with Crippen LogP contribution in [0, 0.1) is 34.5 Å². The molecule has 4 bridgehead atoms. The molecule has 3 atom stereocenters. The Morgan fingerprint density at radius 2 is 1.91 bits per heavy atom. The molecule has 5 aliphatic carbocycles. The highest BCUT2D eigenvalue weighted by atomic mass is 32.1. The second-order valence-electron chi connectivity index (χ2n) is 11.7. The molecular weight excluding hydrogens is 456 g/mol. The first-order valence-electron chi connectivity index (χ1n) is 13.0. The van der Waals surface area contributed by atoms with Crippen molar-refractivity contribution in [1.82, 2.24) is 0 Å². The normalized spacial score (nSPS) is 32.5. The third-order valence-electron chi connectivity index (χ3n) is 9.09. The lowest BCUT2D eigenvalue weighted by atomic mass is 9.43. The zero-order valence-corrected chi connectivity index (χ0v) is 21.1. The van der Waals surface area contributed by atoms with Crippen LogP contribution in [0.1, 0.15) is 73.4 Å². The van der Waals surface area contributed by atoms with Gasteiger partial charge < -0.3 is 10.1 Å². The van der Waals surface area contributed by atoms with Gasteiger partial charge in [0.2, 0.25) is 0 Å². The fourth-order valence-electron chi connectivity index (χ4n) is 8.03. The van der Waals surface area contributed by atoms with Crippen molar-refractivity contribution in [3.63, 3.8) is 0 Å². The van der Waals surface area contributed by atoms with Crippen LogP contribution < -0.4 is 5.32 Å². The van der Waals surface area contributed by atoms with Crippen LogP contribution in [0.15, 0.2) is 30.3 Å². The molecule has 4 saturated carbocycles. The second kappa shape index (κ2) is 8.48. The molecule has 0 spiro atoms. The summed E-state index contributed by atoms with van der Waals surface area (Å²) in [4.78, 5) is 27.5. The second-order valence-corrected chi connectivity index (χ2v) is 12.8. The summed E-state index contributed by atoms with van der Waals surface area (Å²) >= 11 is 1.50. The van der Waals surface area contributed by atoms with Gasteiger partial charge in [-0.25, -0.2) is 0 Å². The Bertz CT molecular complexity index is 1200. The number of nitriles is 1. The summed E-state index contributed by atoms with van der Waals surface area (Å²) in [6, 6.07) is 13.0. The van der Waals surface area contributed by atoms with Crippen LogP contribution >= 0.6 is 11.3 Å². The number of anilines is 1. The number of ether oxygens (including phenoxy) is 1. The van der Waals surface area contributed by atoms with Crippen molar-refractivity contribution in [3.05, 3.63) is 51.9 Å². The smallest absolute Gasteiger partial charge is 0.312 e. The highest BCUT2D eigenvalue weighted by Crippen LogP contribution is 2.66. The molecule has 4 fully saturated rings. The first-order chi connectivity index (χ1) is 16.9. The van der Waals surface area contributed by atoms with E-state index in [1.807, 2.05) is 0 Å². The van der Waals surface area contributed by atoms with E-state index in [4.69, 9.17) is 4.74 Å². The number of nitrogens with zero attached hydrogens (tertiary/aromatic N) is 1. The Labute approximate surface area is 210 Å². The summed E-state index contributed by atoms with van der Waals surface area (Å²) in [5.41, 5.74) is 2.60. The Hall–Kier alpha value is -2.65. The number of rotatable bonds is 5. The number of thiophene rings is 1. The van der Waals surface area contributed by atoms with Gasteiger partial charge in [0, 0.05) is 4.88 Å². The fourth-order valence-corrected chi connectivity index (χ4v) is 9.41. The summed E-state index contributed by atoms with van der Waals surface area (Å²) in [7, 11) is 0. The lowest BCUT2D eigenvalue weighted by molar-refractivity contribution is -0.175. The molecule has 0 aliphatic heterocycles. The van der Waals surface area contributed by atoms with Crippen LogP contribution in [0.5, 0.6) is 0 Å². The molecule has 1 heterocycles. The van der Waals surface area contributed by atoms with Crippen molar-refractivity contribution in [3.8, 4) is 6.07 Å². The molecule has 1 aromatic heterocycles. The van der Waals surface area contributed by atoms with Gasteiger partial charge in [-0.05, 0) is 92.1 Å². The van der Waals surface area contributed by atoms with E-state index in [1.165, 1.54) is 28.2 Å². The van der Waals surface area contributed by atoms with E-state index < -0.39 is 5.41 Å². The van der Waals surface area contributed by atoms with Gasteiger partial charge in [0.25, 0.3) is 5.91 Å². The molecular formula is C29H32N2O3S. The average Bonchev–Trinajstić information content (AvgIpc) is 3.18. The van der Waals surface area contributed by atoms with Gasteiger partial charge in [0.15, 0.2) is 6.61 Å². The Kier molecular flexibility index (Phi) is 5.52. The number of benzene rings is 1. The van der Waals surface area contributed by atoms with Crippen molar-refractivity contribution in [1.29, 1.82) is 5.26 Å². The number of fused-ring (bicyclic) bond motifs is 1. The molecule has 35 heavy (non-hydrogen) atoms. The van der Waals surface area contributed by atoms with Gasteiger partial charge >= 0.3 is 5.97 Å². The van der Waals surface area contributed by atoms with Crippen LogP contribution in [-0.2, 0) is 32.6 Å². The lowest BCUT2D eigenvalue weighted by Crippen LogP contribution is -2.57. The molecule has 3 unspecified atom stereocenters. The Balaban J connectivity index is 1.15. The number of hydrogen-bond donors (Lipinski definition) is 1. The molecule has 6 heteroatoms. The molecule has 1 amide bonds. The summed E-state index contributed by atoms with van der Waals surface area (Å²) in [6.07, 6.45) is 9.01. The number of carbonyl (C=O) groups is 2. The zero-order chi connectivity index (χ0) is 24.2. The standard InChI is InChI=1S/C29H32N2O3S/c1-18-7-8-22-23(15-30)26(35-24(22)9-18)31-25(32)16-34-27(33)29-13-19-10-20(14-29)12-28(11-19,17-29)21-5-3-2-4-6-21/h2-6,18-20H,7-14,16-17H2,1H3,(H,31,32). The van der Waals surface area contributed by atoms with Gasteiger partial charge in [-0.3, -0.25) is 9.59 Å². The topological polar surface area (TPSA) is 79.2 Å². The predicted molar refractivity (Wildman–Crippen MR) is 135 cm³/mol.